The molecule has 1 heterocycles. The van der Waals surface area contributed by atoms with Gasteiger partial charge in [-0.2, -0.15) is 0 Å². The molecule has 29 heavy (non-hydrogen) atoms. The predicted molar refractivity (Wildman–Crippen MR) is 108 cm³/mol. The molecule has 7 heteroatoms. The number of hydrogen-bond acceptors (Lipinski definition) is 5. The van der Waals surface area contributed by atoms with Gasteiger partial charge >= 0.3 is 5.97 Å². The third-order valence-corrected chi connectivity index (χ3v) is 4.96. The van der Waals surface area contributed by atoms with Crippen LogP contribution in [0.4, 0.5) is 5.69 Å². The van der Waals surface area contributed by atoms with Crippen LogP contribution < -0.4 is 15.0 Å². The van der Waals surface area contributed by atoms with Crippen LogP contribution in [-0.4, -0.2) is 38.5 Å². The van der Waals surface area contributed by atoms with Crippen molar-refractivity contribution in [3.05, 3.63) is 59.7 Å². The molecule has 2 aromatic rings. The Morgan fingerprint density at radius 1 is 1.10 bits per heavy atom. The summed E-state index contributed by atoms with van der Waals surface area (Å²) in [7, 11) is 3.08. The molecule has 1 aliphatic heterocycles. The molecule has 3 rings (SSSR count). The Morgan fingerprint density at radius 3 is 2.45 bits per heavy atom. The molecule has 1 N–H and O–H groups in total. The minimum Gasteiger partial charge on any atom is -0.497 e. The number of fused-ring (bicyclic) bond motifs is 1. The number of amides is 2. The number of para-hydroxylation sites is 1. The van der Waals surface area contributed by atoms with E-state index in [0.29, 0.717) is 23.5 Å². The molecule has 2 aromatic carbocycles. The van der Waals surface area contributed by atoms with Gasteiger partial charge in [0, 0.05) is 19.2 Å². The van der Waals surface area contributed by atoms with E-state index < -0.39 is 23.4 Å². The van der Waals surface area contributed by atoms with E-state index in [-0.39, 0.29) is 5.56 Å². The van der Waals surface area contributed by atoms with Gasteiger partial charge in [0.05, 0.1) is 18.4 Å². The zero-order valence-corrected chi connectivity index (χ0v) is 16.7. The van der Waals surface area contributed by atoms with E-state index in [0.717, 1.165) is 12.8 Å². The van der Waals surface area contributed by atoms with E-state index in [2.05, 4.69) is 5.32 Å². The molecule has 0 spiro atoms. The minimum absolute atomic E-state index is 0.214. The molecule has 0 saturated carbocycles. The first-order valence-corrected chi connectivity index (χ1v) is 9.49. The first-order chi connectivity index (χ1) is 14.0. The number of esters is 1. The number of benzene rings is 2. The summed E-state index contributed by atoms with van der Waals surface area (Å²) >= 11 is 0. The van der Waals surface area contributed by atoms with Gasteiger partial charge in [-0.3, -0.25) is 9.59 Å². The first kappa shape index (κ1) is 20.4. The van der Waals surface area contributed by atoms with E-state index in [1.165, 1.54) is 24.1 Å². The standard InChI is InChI=1S/C22H24N2O5/c1-4-5-14-23-20(26)22(17-8-6-7-9-18(17)24(2)21(22)27)29-19(25)15-10-12-16(28-3)13-11-15/h6-13H,4-5,14H2,1-3H3,(H,23,26). The average Bonchev–Trinajstić information content (AvgIpc) is 2.96. The summed E-state index contributed by atoms with van der Waals surface area (Å²) in [5, 5.41) is 2.75. The van der Waals surface area contributed by atoms with Crippen molar-refractivity contribution < 1.29 is 23.9 Å². The summed E-state index contributed by atoms with van der Waals surface area (Å²) in [5.74, 6) is -1.43. The Hall–Kier alpha value is -3.35. The third kappa shape index (κ3) is 3.55. The summed E-state index contributed by atoms with van der Waals surface area (Å²) in [6.45, 7) is 2.38. The van der Waals surface area contributed by atoms with E-state index in [1.807, 2.05) is 6.92 Å². The fourth-order valence-corrected chi connectivity index (χ4v) is 3.32. The van der Waals surface area contributed by atoms with Gasteiger partial charge in [0.25, 0.3) is 17.4 Å². The molecule has 1 aliphatic rings. The van der Waals surface area contributed by atoms with Crippen LogP contribution in [0.5, 0.6) is 5.75 Å². The number of nitrogens with zero attached hydrogens (tertiary/aromatic N) is 1. The Bertz CT molecular complexity index is 925. The van der Waals surface area contributed by atoms with E-state index in [1.54, 1.807) is 43.4 Å². The normalized spacial score (nSPS) is 17.6. The van der Waals surface area contributed by atoms with Crippen LogP contribution >= 0.6 is 0 Å². The van der Waals surface area contributed by atoms with Crippen LogP contribution in [0.15, 0.2) is 48.5 Å². The number of methoxy groups -OCH3 is 1. The number of anilines is 1. The highest BCUT2D eigenvalue weighted by atomic mass is 16.6. The Labute approximate surface area is 169 Å². The van der Waals surface area contributed by atoms with Gasteiger partial charge in [-0.05, 0) is 36.8 Å². The molecule has 0 aliphatic carbocycles. The van der Waals surface area contributed by atoms with E-state index in [4.69, 9.17) is 9.47 Å². The van der Waals surface area contributed by atoms with Crippen molar-refractivity contribution in [2.45, 2.75) is 25.4 Å². The predicted octanol–water partition coefficient (Wildman–Crippen LogP) is 2.64. The van der Waals surface area contributed by atoms with Crippen LogP contribution in [0, 0.1) is 0 Å². The molecule has 2 amide bonds. The lowest BCUT2D eigenvalue weighted by Crippen LogP contribution is -2.53. The molecular formula is C22H24N2O5. The summed E-state index contributed by atoms with van der Waals surface area (Å²) in [4.78, 5) is 40.6. The molecule has 7 nitrogen and oxygen atoms in total. The van der Waals surface area contributed by atoms with Crippen molar-refractivity contribution in [1.29, 1.82) is 0 Å². The third-order valence-electron chi connectivity index (χ3n) is 4.96. The number of hydrogen-bond donors (Lipinski definition) is 1. The number of unbranched alkanes of at least 4 members (excludes halogenated alkanes) is 1. The van der Waals surface area contributed by atoms with Crippen LogP contribution in [0.2, 0.25) is 0 Å². The Balaban J connectivity index is 2.01. The molecule has 0 fully saturated rings. The summed E-state index contributed by atoms with van der Waals surface area (Å²) in [6.07, 6.45) is 1.63. The van der Waals surface area contributed by atoms with Gasteiger partial charge in [-0.15, -0.1) is 0 Å². The highest BCUT2D eigenvalue weighted by Crippen LogP contribution is 2.42. The quantitative estimate of drug-likeness (QED) is 0.442. The fourth-order valence-electron chi connectivity index (χ4n) is 3.32. The number of rotatable bonds is 7. The summed E-state index contributed by atoms with van der Waals surface area (Å²) in [6, 6.07) is 13.1. The second-order valence-corrected chi connectivity index (χ2v) is 6.79. The second kappa shape index (κ2) is 8.34. The van der Waals surface area contributed by atoms with Gasteiger partial charge in [0.2, 0.25) is 0 Å². The van der Waals surface area contributed by atoms with Gasteiger partial charge in [-0.1, -0.05) is 31.5 Å². The largest absolute Gasteiger partial charge is 0.497 e. The smallest absolute Gasteiger partial charge is 0.340 e. The molecule has 0 aromatic heterocycles. The lowest BCUT2D eigenvalue weighted by Gasteiger charge is -2.27. The Kier molecular flexibility index (Phi) is 5.87. The maximum absolute atomic E-state index is 13.2. The summed E-state index contributed by atoms with van der Waals surface area (Å²) < 4.78 is 10.8. The van der Waals surface area contributed by atoms with Crippen LogP contribution in [0.1, 0.15) is 35.7 Å². The maximum Gasteiger partial charge on any atom is 0.340 e. The fraction of sp³-hybridized carbons (Fsp3) is 0.318. The molecule has 1 unspecified atom stereocenters. The van der Waals surface area contributed by atoms with Crippen LogP contribution in [0.3, 0.4) is 0 Å². The molecule has 0 radical (unpaired) electrons. The van der Waals surface area contributed by atoms with Gasteiger partial charge in [-0.25, -0.2) is 4.79 Å². The maximum atomic E-state index is 13.2. The molecule has 0 bridgehead atoms. The number of carbonyl (C=O) groups excluding carboxylic acids is 3. The lowest BCUT2D eigenvalue weighted by molar-refractivity contribution is -0.152. The van der Waals surface area contributed by atoms with Crippen molar-refractivity contribution in [2.24, 2.45) is 0 Å². The van der Waals surface area contributed by atoms with Gasteiger partial charge in [0.15, 0.2) is 0 Å². The van der Waals surface area contributed by atoms with Gasteiger partial charge in [0.1, 0.15) is 5.75 Å². The number of carbonyl (C=O) groups is 3. The number of nitrogens with one attached hydrogen (secondary N) is 1. The minimum atomic E-state index is -2.06. The number of ether oxygens (including phenoxy) is 2. The van der Waals surface area contributed by atoms with E-state index >= 15 is 0 Å². The molecular weight excluding hydrogens is 372 g/mol. The molecule has 1 atom stereocenters. The highest BCUT2D eigenvalue weighted by molar-refractivity contribution is 6.21. The number of likely N-dealkylation sites (N-methyl/N-ethyl adjacent to an activating group) is 1. The van der Waals surface area contributed by atoms with Crippen molar-refractivity contribution >= 4 is 23.5 Å². The molecule has 0 saturated heterocycles. The van der Waals surface area contributed by atoms with E-state index in [9.17, 15) is 14.4 Å². The first-order valence-electron chi connectivity index (χ1n) is 9.49. The monoisotopic (exact) mass is 396 g/mol. The van der Waals surface area contributed by atoms with Crippen LogP contribution in [-0.2, 0) is 19.9 Å². The van der Waals surface area contributed by atoms with Crippen molar-refractivity contribution in [1.82, 2.24) is 5.32 Å². The average molecular weight is 396 g/mol. The highest BCUT2D eigenvalue weighted by Gasteiger charge is 2.59. The SMILES string of the molecule is CCCCNC(=O)C1(OC(=O)c2ccc(OC)cc2)C(=O)N(C)c2ccccc21. The van der Waals surface area contributed by atoms with Crippen molar-refractivity contribution in [3.63, 3.8) is 0 Å². The Morgan fingerprint density at radius 2 is 1.79 bits per heavy atom. The van der Waals surface area contributed by atoms with Crippen molar-refractivity contribution in [3.8, 4) is 5.75 Å². The lowest BCUT2D eigenvalue weighted by atomic mass is 9.93. The molecule has 152 valence electrons. The zero-order chi connectivity index (χ0) is 21.0. The van der Waals surface area contributed by atoms with Crippen molar-refractivity contribution in [2.75, 3.05) is 25.6 Å². The van der Waals surface area contributed by atoms with Gasteiger partial charge < -0.3 is 19.7 Å². The van der Waals surface area contributed by atoms with Crippen LogP contribution in [0.25, 0.3) is 0 Å². The second-order valence-electron chi connectivity index (χ2n) is 6.79. The summed E-state index contributed by atoms with van der Waals surface area (Å²) in [5.41, 5.74) is -0.962. The topological polar surface area (TPSA) is 84.9 Å². The zero-order valence-electron chi connectivity index (χ0n) is 16.7.